The molecule has 3 aliphatic rings. The number of rotatable bonds is 2. The third-order valence-corrected chi connectivity index (χ3v) is 5.68. The van der Waals surface area contributed by atoms with Crippen LogP contribution in [-0.4, -0.2) is 36.6 Å². The number of hydrogen-bond acceptors (Lipinski definition) is 2. The van der Waals surface area contributed by atoms with Crippen LogP contribution in [0.25, 0.3) is 0 Å². The van der Waals surface area contributed by atoms with Crippen LogP contribution in [0, 0.1) is 11.3 Å². The summed E-state index contributed by atoms with van der Waals surface area (Å²) in [6.07, 6.45) is 11.0. The number of fused-ring (bicyclic) bond motifs is 1. The molecule has 2 fully saturated rings. The zero-order chi connectivity index (χ0) is 14.2. The molecule has 1 aliphatic carbocycles. The molecule has 1 N–H and O–H groups in total. The molecule has 2 nitrogen and oxygen atoms in total. The maximum absolute atomic E-state index is 3.92. The summed E-state index contributed by atoms with van der Waals surface area (Å²) in [6, 6.07) is 1.60. The molecular weight excluding hydrogens is 244 g/mol. The van der Waals surface area contributed by atoms with Gasteiger partial charge in [0.1, 0.15) is 0 Å². The third-order valence-electron chi connectivity index (χ3n) is 5.68. The fraction of sp³-hybridized carbons (Fsp3) is 0.889. The first-order chi connectivity index (χ1) is 9.52. The van der Waals surface area contributed by atoms with E-state index in [-0.39, 0.29) is 0 Å². The predicted molar refractivity (Wildman–Crippen MR) is 85.9 cm³/mol. The number of hydrogen-bond donors (Lipinski definition) is 1. The molecule has 1 saturated heterocycles. The highest BCUT2D eigenvalue weighted by molar-refractivity contribution is 5.14. The summed E-state index contributed by atoms with van der Waals surface area (Å²) in [5.41, 5.74) is 2.02. The van der Waals surface area contributed by atoms with Crippen LogP contribution < -0.4 is 5.32 Å². The van der Waals surface area contributed by atoms with Gasteiger partial charge in [-0.05, 0) is 37.0 Å². The van der Waals surface area contributed by atoms with Crippen molar-refractivity contribution in [3.8, 4) is 0 Å². The second-order valence-electron chi connectivity index (χ2n) is 8.24. The Balaban J connectivity index is 1.49. The summed E-state index contributed by atoms with van der Waals surface area (Å²) >= 11 is 0. The number of nitrogens with zero attached hydrogens (tertiary/aromatic N) is 1. The van der Waals surface area contributed by atoms with Gasteiger partial charge in [0.2, 0.25) is 0 Å². The quantitative estimate of drug-likeness (QED) is 0.776. The van der Waals surface area contributed by atoms with Crippen molar-refractivity contribution < 1.29 is 0 Å². The van der Waals surface area contributed by atoms with Crippen LogP contribution in [0.3, 0.4) is 0 Å². The topological polar surface area (TPSA) is 15.3 Å². The van der Waals surface area contributed by atoms with Crippen molar-refractivity contribution >= 4 is 0 Å². The van der Waals surface area contributed by atoms with Gasteiger partial charge in [-0.3, -0.25) is 4.90 Å². The van der Waals surface area contributed by atoms with Crippen LogP contribution in [0.15, 0.2) is 11.6 Å². The molecule has 2 heteroatoms. The lowest BCUT2D eigenvalue weighted by Gasteiger charge is -2.33. The average molecular weight is 276 g/mol. The molecule has 3 rings (SSSR count). The molecule has 1 saturated carbocycles. The van der Waals surface area contributed by atoms with Gasteiger partial charge >= 0.3 is 0 Å². The Morgan fingerprint density at radius 3 is 2.70 bits per heavy atom. The lowest BCUT2D eigenvalue weighted by atomic mass is 9.83. The van der Waals surface area contributed by atoms with Crippen LogP contribution in [-0.2, 0) is 0 Å². The van der Waals surface area contributed by atoms with E-state index in [4.69, 9.17) is 0 Å². The molecule has 3 unspecified atom stereocenters. The minimum absolute atomic E-state index is 0.368. The third kappa shape index (κ3) is 3.28. The zero-order valence-electron chi connectivity index (χ0n) is 13.6. The molecule has 0 aromatic rings. The summed E-state index contributed by atoms with van der Waals surface area (Å²) in [5, 5.41) is 3.92. The molecule has 0 aromatic heterocycles. The molecule has 0 amide bonds. The van der Waals surface area contributed by atoms with E-state index in [0.717, 1.165) is 18.0 Å². The van der Waals surface area contributed by atoms with E-state index >= 15 is 0 Å². The van der Waals surface area contributed by atoms with E-state index in [0.29, 0.717) is 5.41 Å². The van der Waals surface area contributed by atoms with E-state index in [2.05, 4.69) is 37.1 Å². The van der Waals surface area contributed by atoms with Crippen molar-refractivity contribution in [2.45, 2.75) is 71.4 Å². The van der Waals surface area contributed by atoms with Crippen LogP contribution in [0.4, 0.5) is 0 Å². The first-order valence-corrected chi connectivity index (χ1v) is 8.70. The fourth-order valence-electron chi connectivity index (χ4n) is 4.44. The molecule has 2 aliphatic heterocycles. The van der Waals surface area contributed by atoms with Gasteiger partial charge < -0.3 is 5.32 Å². The molecular formula is C18H32N2. The van der Waals surface area contributed by atoms with E-state index in [1.165, 1.54) is 58.2 Å². The molecule has 0 radical (unpaired) electrons. The summed E-state index contributed by atoms with van der Waals surface area (Å²) < 4.78 is 0. The van der Waals surface area contributed by atoms with Gasteiger partial charge in [0, 0.05) is 31.7 Å². The Labute approximate surface area is 125 Å². The second kappa shape index (κ2) is 5.81. The van der Waals surface area contributed by atoms with Gasteiger partial charge in [-0.15, -0.1) is 0 Å². The molecule has 0 bridgehead atoms. The highest BCUT2D eigenvalue weighted by Gasteiger charge is 2.35. The molecule has 0 aromatic carbocycles. The summed E-state index contributed by atoms with van der Waals surface area (Å²) in [5.74, 6) is 0.985. The smallest absolute Gasteiger partial charge is 0.0201 e. The van der Waals surface area contributed by atoms with Crippen LogP contribution in [0.2, 0.25) is 0 Å². The molecule has 3 atom stereocenters. The van der Waals surface area contributed by atoms with Gasteiger partial charge in [-0.2, -0.15) is 0 Å². The van der Waals surface area contributed by atoms with Crippen molar-refractivity contribution in [2.75, 3.05) is 19.6 Å². The zero-order valence-corrected chi connectivity index (χ0v) is 13.6. The maximum Gasteiger partial charge on any atom is 0.0201 e. The lowest BCUT2D eigenvalue weighted by Crippen LogP contribution is -2.42. The van der Waals surface area contributed by atoms with Crippen molar-refractivity contribution in [1.29, 1.82) is 0 Å². The molecule has 2 heterocycles. The van der Waals surface area contributed by atoms with Crippen LogP contribution >= 0.6 is 0 Å². The SMILES string of the molecule is CC(C)(C)C1=CCN(CC2CC3CCCCC3N2)CC1. The monoisotopic (exact) mass is 276 g/mol. The number of nitrogens with one attached hydrogen (secondary N) is 1. The Kier molecular flexibility index (Phi) is 4.24. The van der Waals surface area contributed by atoms with Gasteiger partial charge in [0.25, 0.3) is 0 Å². The highest BCUT2D eigenvalue weighted by Crippen LogP contribution is 2.34. The molecule has 0 spiro atoms. The van der Waals surface area contributed by atoms with E-state index in [1.54, 1.807) is 5.57 Å². The average Bonchev–Trinajstić information content (AvgIpc) is 2.80. The van der Waals surface area contributed by atoms with Gasteiger partial charge in [0.05, 0.1) is 0 Å². The summed E-state index contributed by atoms with van der Waals surface area (Å²) in [7, 11) is 0. The lowest BCUT2D eigenvalue weighted by molar-refractivity contribution is 0.252. The Hall–Kier alpha value is -0.340. The predicted octanol–water partition coefficient (Wildman–Crippen LogP) is 3.59. The van der Waals surface area contributed by atoms with Crippen molar-refractivity contribution in [1.82, 2.24) is 10.2 Å². The minimum Gasteiger partial charge on any atom is -0.310 e. The Morgan fingerprint density at radius 1 is 1.25 bits per heavy atom. The van der Waals surface area contributed by atoms with Gasteiger partial charge in [0.15, 0.2) is 0 Å². The van der Waals surface area contributed by atoms with Gasteiger partial charge in [-0.1, -0.05) is 45.3 Å². The van der Waals surface area contributed by atoms with Crippen molar-refractivity contribution in [2.24, 2.45) is 11.3 Å². The fourth-order valence-corrected chi connectivity index (χ4v) is 4.44. The largest absolute Gasteiger partial charge is 0.310 e. The minimum atomic E-state index is 0.368. The normalized spacial score (nSPS) is 35.8. The highest BCUT2D eigenvalue weighted by atomic mass is 15.2. The molecule has 114 valence electrons. The van der Waals surface area contributed by atoms with E-state index in [1.807, 2.05) is 0 Å². The van der Waals surface area contributed by atoms with Gasteiger partial charge in [-0.25, -0.2) is 0 Å². The first kappa shape index (κ1) is 14.6. The summed E-state index contributed by atoms with van der Waals surface area (Å²) in [4.78, 5) is 2.66. The van der Waals surface area contributed by atoms with E-state index < -0.39 is 0 Å². The second-order valence-corrected chi connectivity index (χ2v) is 8.24. The summed E-state index contributed by atoms with van der Waals surface area (Å²) in [6.45, 7) is 10.7. The standard InChI is InChI=1S/C18H32N2/c1-18(2,3)15-8-10-20(11-9-15)13-16-12-14-6-4-5-7-17(14)19-16/h8,14,16-17,19H,4-7,9-13H2,1-3H3. The first-order valence-electron chi connectivity index (χ1n) is 8.70. The Bertz CT molecular complexity index is 352. The van der Waals surface area contributed by atoms with Crippen molar-refractivity contribution in [3.05, 3.63) is 11.6 Å². The molecule has 20 heavy (non-hydrogen) atoms. The Morgan fingerprint density at radius 2 is 2.05 bits per heavy atom. The maximum atomic E-state index is 3.92. The van der Waals surface area contributed by atoms with Crippen LogP contribution in [0.1, 0.15) is 59.3 Å². The van der Waals surface area contributed by atoms with Crippen LogP contribution in [0.5, 0.6) is 0 Å². The van der Waals surface area contributed by atoms with Crippen molar-refractivity contribution in [3.63, 3.8) is 0 Å². The van der Waals surface area contributed by atoms with E-state index in [9.17, 15) is 0 Å².